The topological polar surface area (TPSA) is 89.4 Å². The van der Waals surface area contributed by atoms with E-state index >= 15 is 0 Å². The van der Waals surface area contributed by atoms with E-state index in [-0.39, 0.29) is 11.3 Å². The number of phenolic OH excluding ortho intramolecular Hbond substituents is 1. The van der Waals surface area contributed by atoms with Crippen molar-refractivity contribution < 1.29 is 24.1 Å². The third-order valence-corrected chi connectivity index (χ3v) is 4.18. The second-order valence-corrected chi connectivity index (χ2v) is 5.87. The molecular weight excluding hydrogens is 360 g/mol. The summed E-state index contributed by atoms with van der Waals surface area (Å²) in [6.45, 7) is 0. The Labute approximate surface area is 162 Å². The van der Waals surface area contributed by atoms with Crippen LogP contribution in [0.25, 0.3) is 10.8 Å². The number of methoxy groups -OCH3 is 3. The molecule has 3 aromatic rings. The number of benzene rings is 3. The number of nitrogens with one attached hydrogen (secondary N) is 1. The van der Waals surface area contributed by atoms with E-state index < -0.39 is 5.91 Å². The van der Waals surface area contributed by atoms with Crippen molar-refractivity contribution in [2.45, 2.75) is 0 Å². The standard InChI is InChI=1S/C21H20N2O5/c1-26-18-8-13(9-19(27-2)20(18)28-3)12-22-23-21(25)16-10-14-6-4-5-7-15(14)11-17(16)24/h4-12,24H,1-3H3,(H,23,25). The first kappa shape index (κ1) is 19.0. The van der Waals surface area contributed by atoms with Gasteiger partial charge in [-0.3, -0.25) is 4.79 Å². The highest BCUT2D eigenvalue weighted by Crippen LogP contribution is 2.37. The van der Waals surface area contributed by atoms with Gasteiger partial charge in [0, 0.05) is 5.56 Å². The summed E-state index contributed by atoms with van der Waals surface area (Å²) in [4.78, 5) is 12.4. The average molecular weight is 380 g/mol. The van der Waals surface area contributed by atoms with Gasteiger partial charge in [-0.15, -0.1) is 0 Å². The van der Waals surface area contributed by atoms with Gasteiger partial charge in [-0.1, -0.05) is 24.3 Å². The molecular formula is C21H20N2O5. The molecule has 0 spiro atoms. The van der Waals surface area contributed by atoms with Gasteiger partial charge >= 0.3 is 0 Å². The lowest BCUT2D eigenvalue weighted by atomic mass is 10.1. The zero-order valence-corrected chi connectivity index (χ0v) is 15.7. The first-order chi connectivity index (χ1) is 13.6. The van der Waals surface area contributed by atoms with Crippen LogP contribution in [0, 0.1) is 0 Å². The van der Waals surface area contributed by atoms with Crippen molar-refractivity contribution in [3.8, 4) is 23.0 Å². The molecule has 144 valence electrons. The molecule has 3 aromatic carbocycles. The largest absolute Gasteiger partial charge is 0.507 e. The highest BCUT2D eigenvalue weighted by Gasteiger charge is 2.13. The van der Waals surface area contributed by atoms with E-state index in [4.69, 9.17) is 14.2 Å². The van der Waals surface area contributed by atoms with Crippen molar-refractivity contribution in [2.75, 3.05) is 21.3 Å². The minimum absolute atomic E-state index is 0.112. The lowest BCUT2D eigenvalue weighted by Crippen LogP contribution is -2.17. The fourth-order valence-electron chi connectivity index (χ4n) is 2.81. The Morgan fingerprint density at radius 2 is 1.57 bits per heavy atom. The Morgan fingerprint density at radius 1 is 0.964 bits per heavy atom. The van der Waals surface area contributed by atoms with Crippen LogP contribution in [0.15, 0.2) is 53.6 Å². The van der Waals surface area contributed by atoms with Gasteiger partial charge in [0.1, 0.15) is 5.75 Å². The maximum Gasteiger partial charge on any atom is 0.275 e. The molecule has 0 aliphatic rings. The van der Waals surface area contributed by atoms with Gasteiger partial charge in [-0.25, -0.2) is 5.43 Å². The van der Waals surface area contributed by atoms with Gasteiger partial charge in [0.25, 0.3) is 5.91 Å². The minimum Gasteiger partial charge on any atom is -0.507 e. The Morgan fingerprint density at radius 3 is 2.14 bits per heavy atom. The molecule has 0 atom stereocenters. The number of carbonyl (C=O) groups excluding carboxylic acids is 1. The van der Waals surface area contributed by atoms with Gasteiger partial charge < -0.3 is 19.3 Å². The van der Waals surface area contributed by atoms with Crippen LogP contribution in [0.1, 0.15) is 15.9 Å². The van der Waals surface area contributed by atoms with Crippen LogP contribution in [0.2, 0.25) is 0 Å². The maximum absolute atomic E-state index is 12.4. The Bertz CT molecular complexity index is 1020. The van der Waals surface area contributed by atoms with Gasteiger partial charge in [-0.2, -0.15) is 5.10 Å². The fourth-order valence-corrected chi connectivity index (χ4v) is 2.81. The van der Waals surface area contributed by atoms with E-state index in [1.165, 1.54) is 27.5 Å². The fraction of sp³-hybridized carbons (Fsp3) is 0.143. The predicted octanol–water partition coefficient (Wildman–Crippen LogP) is 3.34. The van der Waals surface area contributed by atoms with Crippen molar-refractivity contribution in [2.24, 2.45) is 5.10 Å². The summed E-state index contributed by atoms with van der Waals surface area (Å²) in [6.07, 6.45) is 1.44. The number of hydrazone groups is 1. The van der Waals surface area contributed by atoms with E-state index in [9.17, 15) is 9.90 Å². The predicted molar refractivity (Wildman–Crippen MR) is 107 cm³/mol. The zero-order chi connectivity index (χ0) is 20.1. The summed E-state index contributed by atoms with van der Waals surface area (Å²) < 4.78 is 15.8. The average Bonchev–Trinajstić information content (AvgIpc) is 2.72. The number of rotatable bonds is 6. The summed E-state index contributed by atoms with van der Waals surface area (Å²) >= 11 is 0. The molecule has 0 saturated carbocycles. The highest BCUT2D eigenvalue weighted by atomic mass is 16.5. The van der Waals surface area contributed by atoms with Crippen molar-refractivity contribution in [1.82, 2.24) is 5.43 Å². The first-order valence-corrected chi connectivity index (χ1v) is 8.42. The van der Waals surface area contributed by atoms with Crippen LogP contribution in [-0.2, 0) is 0 Å². The first-order valence-electron chi connectivity index (χ1n) is 8.42. The lowest BCUT2D eigenvalue weighted by molar-refractivity contribution is 0.0952. The highest BCUT2D eigenvalue weighted by molar-refractivity contribution is 6.01. The Balaban J connectivity index is 1.81. The monoisotopic (exact) mass is 380 g/mol. The molecule has 0 saturated heterocycles. The van der Waals surface area contributed by atoms with Crippen molar-refractivity contribution in [3.05, 3.63) is 59.7 Å². The van der Waals surface area contributed by atoms with Gasteiger partial charge in [-0.05, 0) is 35.0 Å². The molecule has 0 unspecified atom stereocenters. The molecule has 3 rings (SSSR count). The smallest absolute Gasteiger partial charge is 0.275 e. The van der Waals surface area contributed by atoms with Crippen LogP contribution < -0.4 is 19.6 Å². The van der Waals surface area contributed by atoms with Gasteiger partial charge in [0.15, 0.2) is 11.5 Å². The number of amides is 1. The number of hydrogen-bond donors (Lipinski definition) is 2. The number of carbonyl (C=O) groups is 1. The van der Waals surface area contributed by atoms with Crippen molar-refractivity contribution >= 4 is 22.9 Å². The molecule has 7 nitrogen and oxygen atoms in total. The molecule has 0 radical (unpaired) electrons. The third-order valence-electron chi connectivity index (χ3n) is 4.18. The normalized spacial score (nSPS) is 10.8. The lowest BCUT2D eigenvalue weighted by Gasteiger charge is -2.12. The van der Waals surface area contributed by atoms with Crippen LogP contribution in [0.5, 0.6) is 23.0 Å². The summed E-state index contributed by atoms with van der Waals surface area (Å²) in [5.74, 6) is 0.780. The molecule has 0 aliphatic carbocycles. The number of aromatic hydroxyl groups is 1. The summed E-state index contributed by atoms with van der Waals surface area (Å²) in [7, 11) is 4.55. The summed E-state index contributed by atoms with van der Waals surface area (Å²) in [6, 6.07) is 14.0. The number of nitrogens with zero attached hydrogens (tertiary/aromatic N) is 1. The van der Waals surface area contributed by atoms with Crippen LogP contribution >= 0.6 is 0 Å². The van der Waals surface area contributed by atoms with Gasteiger partial charge in [0.2, 0.25) is 5.75 Å². The van der Waals surface area contributed by atoms with E-state index in [0.717, 1.165) is 10.8 Å². The molecule has 0 bridgehead atoms. The summed E-state index contributed by atoms with van der Waals surface area (Å²) in [5.41, 5.74) is 3.19. The SMILES string of the molecule is COc1cc(C=NNC(=O)c2cc3ccccc3cc2O)cc(OC)c1OC. The molecule has 0 aromatic heterocycles. The van der Waals surface area contributed by atoms with Crippen LogP contribution in [0.3, 0.4) is 0 Å². The van der Waals surface area contributed by atoms with Crippen molar-refractivity contribution in [3.63, 3.8) is 0 Å². The van der Waals surface area contributed by atoms with E-state index in [0.29, 0.717) is 22.8 Å². The van der Waals surface area contributed by atoms with Gasteiger partial charge in [0.05, 0.1) is 33.1 Å². The van der Waals surface area contributed by atoms with Crippen molar-refractivity contribution in [1.29, 1.82) is 0 Å². The molecule has 28 heavy (non-hydrogen) atoms. The number of phenols is 1. The molecule has 1 amide bonds. The number of hydrogen-bond acceptors (Lipinski definition) is 6. The Hall–Kier alpha value is -3.74. The second kappa shape index (κ2) is 8.30. The van der Waals surface area contributed by atoms with E-state index in [1.54, 1.807) is 24.3 Å². The molecule has 0 heterocycles. The second-order valence-electron chi connectivity index (χ2n) is 5.87. The third kappa shape index (κ3) is 3.83. The quantitative estimate of drug-likeness (QED) is 0.506. The molecule has 0 aliphatic heterocycles. The number of fused-ring (bicyclic) bond motifs is 1. The van der Waals surface area contributed by atoms with Crippen LogP contribution in [0.4, 0.5) is 0 Å². The summed E-state index contributed by atoms with van der Waals surface area (Å²) in [5, 5.41) is 15.8. The zero-order valence-electron chi connectivity index (χ0n) is 15.7. The van der Waals surface area contributed by atoms with E-state index in [1.807, 2.05) is 24.3 Å². The minimum atomic E-state index is -0.521. The molecule has 7 heteroatoms. The maximum atomic E-state index is 12.4. The Kier molecular flexibility index (Phi) is 5.64. The number of ether oxygens (including phenoxy) is 3. The van der Waals surface area contributed by atoms with Crippen LogP contribution in [-0.4, -0.2) is 38.6 Å². The molecule has 0 fully saturated rings. The van der Waals surface area contributed by atoms with E-state index in [2.05, 4.69) is 10.5 Å². The molecule has 2 N–H and O–H groups in total.